The van der Waals surface area contributed by atoms with E-state index in [4.69, 9.17) is 10.8 Å². The minimum Gasteiger partial charge on any atom is -0.480 e. The molecule has 0 saturated carbocycles. The van der Waals surface area contributed by atoms with E-state index in [1.54, 1.807) is 0 Å². The summed E-state index contributed by atoms with van der Waals surface area (Å²) >= 11 is 0. The van der Waals surface area contributed by atoms with Gasteiger partial charge in [-0.1, -0.05) is 45.0 Å². The number of benzene rings is 1. The molecule has 2 atom stereocenters. The van der Waals surface area contributed by atoms with Crippen LogP contribution in [0, 0.1) is 5.92 Å². The van der Waals surface area contributed by atoms with Gasteiger partial charge in [0.05, 0.1) is 0 Å². The molecule has 0 radical (unpaired) electrons. The van der Waals surface area contributed by atoms with E-state index in [1.807, 2.05) is 18.2 Å². The molecule has 100 valence electrons. The van der Waals surface area contributed by atoms with Crippen LogP contribution >= 0.6 is 0 Å². The van der Waals surface area contributed by atoms with Gasteiger partial charge in [-0.25, -0.2) is 0 Å². The molecular formula is C15H23NO2. The Balaban J connectivity index is 2.88. The number of nitrogens with two attached hydrogens (primary N) is 1. The molecule has 0 heterocycles. The third-order valence-electron chi connectivity index (χ3n) is 3.17. The largest absolute Gasteiger partial charge is 0.480 e. The SMILES string of the molecule is CC(C)CC(C)c1ccccc1C[C@H](N)C(=O)O. The van der Waals surface area contributed by atoms with Crippen molar-refractivity contribution in [1.29, 1.82) is 0 Å². The van der Waals surface area contributed by atoms with Crippen molar-refractivity contribution in [3.05, 3.63) is 35.4 Å². The summed E-state index contributed by atoms with van der Waals surface area (Å²) in [6.07, 6.45) is 1.49. The predicted octanol–water partition coefficient (Wildman–Crippen LogP) is 2.79. The van der Waals surface area contributed by atoms with E-state index in [2.05, 4.69) is 26.8 Å². The van der Waals surface area contributed by atoms with Gasteiger partial charge in [0.15, 0.2) is 0 Å². The smallest absolute Gasteiger partial charge is 0.320 e. The maximum Gasteiger partial charge on any atom is 0.320 e. The fourth-order valence-corrected chi connectivity index (χ4v) is 2.36. The lowest BCUT2D eigenvalue weighted by molar-refractivity contribution is -0.138. The lowest BCUT2D eigenvalue weighted by atomic mass is 9.87. The van der Waals surface area contributed by atoms with Crippen molar-refractivity contribution in [2.45, 2.75) is 45.6 Å². The summed E-state index contributed by atoms with van der Waals surface area (Å²) in [5, 5.41) is 8.89. The van der Waals surface area contributed by atoms with Gasteiger partial charge in [-0.15, -0.1) is 0 Å². The Morgan fingerprint density at radius 2 is 1.89 bits per heavy atom. The lowest BCUT2D eigenvalue weighted by Crippen LogP contribution is -2.32. The van der Waals surface area contributed by atoms with Gasteiger partial charge in [-0.2, -0.15) is 0 Å². The van der Waals surface area contributed by atoms with Crippen LogP contribution in [-0.2, 0) is 11.2 Å². The molecule has 0 aliphatic carbocycles. The highest BCUT2D eigenvalue weighted by atomic mass is 16.4. The van der Waals surface area contributed by atoms with Crippen molar-refractivity contribution < 1.29 is 9.90 Å². The molecule has 0 saturated heterocycles. The minimum atomic E-state index is -0.943. The molecule has 3 N–H and O–H groups in total. The van der Waals surface area contributed by atoms with Gasteiger partial charge in [-0.05, 0) is 35.8 Å². The average Bonchev–Trinajstić information content (AvgIpc) is 2.28. The normalized spacial score (nSPS) is 14.5. The predicted molar refractivity (Wildman–Crippen MR) is 73.6 cm³/mol. The molecule has 1 rings (SSSR count). The summed E-state index contributed by atoms with van der Waals surface area (Å²) in [5.41, 5.74) is 7.90. The second kappa shape index (κ2) is 6.55. The van der Waals surface area contributed by atoms with Gasteiger partial charge in [0.1, 0.15) is 6.04 Å². The average molecular weight is 249 g/mol. The molecule has 0 bridgehead atoms. The van der Waals surface area contributed by atoms with Crippen LogP contribution in [0.4, 0.5) is 0 Å². The van der Waals surface area contributed by atoms with Crippen LogP contribution in [0.1, 0.15) is 44.2 Å². The van der Waals surface area contributed by atoms with Crippen LogP contribution in [0.25, 0.3) is 0 Å². The zero-order valence-corrected chi connectivity index (χ0v) is 11.4. The van der Waals surface area contributed by atoms with E-state index in [-0.39, 0.29) is 0 Å². The first kappa shape index (κ1) is 14.7. The van der Waals surface area contributed by atoms with Crippen molar-refractivity contribution in [2.75, 3.05) is 0 Å². The monoisotopic (exact) mass is 249 g/mol. The second-order valence-electron chi connectivity index (χ2n) is 5.38. The Morgan fingerprint density at radius 3 is 2.44 bits per heavy atom. The first-order valence-electron chi connectivity index (χ1n) is 6.48. The third-order valence-corrected chi connectivity index (χ3v) is 3.17. The second-order valence-corrected chi connectivity index (χ2v) is 5.38. The number of hydrogen-bond donors (Lipinski definition) is 2. The number of rotatable bonds is 6. The summed E-state index contributed by atoms with van der Waals surface area (Å²) in [7, 11) is 0. The number of aliphatic carboxylic acids is 1. The number of carbonyl (C=O) groups is 1. The lowest BCUT2D eigenvalue weighted by Gasteiger charge is -2.19. The highest BCUT2D eigenvalue weighted by molar-refractivity contribution is 5.73. The van der Waals surface area contributed by atoms with Crippen LogP contribution in [0.2, 0.25) is 0 Å². The summed E-state index contributed by atoms with van der Waals surface area (Å²) in [5.74, 6) is 0.115. The van der Waals surface area contributed by atoms with Gasteiger partial charge in [0, 0.05) is 0 Å². The zero-order chi connectivity index (χ0) is 13.7. The molecule has 1 aromatic rings. The van der Waals surface area contributed by atoms with Gasteiger partial charge in [-0.3, -0.25) is 4.79 Å². The maximum atomic E-state index is 10.8. The molecule has 18 heavy (non-hydrogen) atoms. The molecule has 3 nitrogen and oxygen atoms in total. The number of carboxylic acid groups (broad SMARTS) is 1. The Bertz CT molecular complexity index is 401. The van der Waals surface area contributed by atoms with Crippen LogP contribution in [0.3, 0.4) is 0 Å². The first-order chi connectivity index (χ1) is 8.41. The molecule has 0 amide bonds. The third kappa shape index (κ3) is 4.15. The summed E-state index contributed by atoms with van der Waals surface area (Å²) in [6.45, 7) is 6.58. The minimum absolute atomic E-state index is 0.397. The molecule has 0 aliphatic heterocycles. The fourth-order valence-electron chi connectivity index (χ4n) is 2.36. The Morgan fingerprint density at radius 1 is 1.28 bits per heavy atom. The van der Waals surface area contributed by atoms with Crippen molar-refractivity contribution in [3.63, 3.8) is 0 Å². The van der Waals surface area contributed by atoms with Gasteiger partial charge >= 0.3 is 5.97 Å². The van der Waals surface area contributed by atoms with Crippen LogP contribution < -0.4 is 5.73 Å². The van der Waals surface area contributed by atoms with Crippen LogP contribution in [0.15, 0.2) is 24.3 Å². The van der Waals surface area contributed by atoms with Gasteiger partial charge in [0.2, 0.25) is 0 Å². The molecule has 1 aromatic carbocycles. The molecule has 0 aromatic heterocycles. The molecule has 0 spiro atoms. The molecule has 1 unspecified atom stereocenters. The Kier molecular flexibility index (Phi) is 5.35. The van der Waals surface area contributed by atoms with Crippen LogP contribution in [-0.4, -0.2) is 17.1 Å². The van der Waals surface area contributed by atoms with E-state index in [1.165, 1.54) is 5.56 Å². The standard InChI is InChI=1S/C15H23NO2/c1-10(2)8-11(3)13-7-5-4-6-12(13)9-14(16)15(17)18/h4-7,10-11,14H,8-9,16H2,1-3H3,(H,17,18)/t11?,14-/m0/s1. The van der Waals surface area contributed by atoms with E-state index in [0.29, 0.717) is 18.3 Å². The maximum absolute atomic E-state index is 10.8. The molecule has 0 fully saturated rings. The molecule has 3 heteroatoms. The first-order valence-corrected chi connectivity index (χ1v) is 6.48. The summed E-state index contributed by atoms with van der Waals surface area (Å²) in [6, 6.07) is 7.18. The van der Waals surface area contributed by atoms with Crippen molar-refractivity contribution in [2.24, 2.45) is 11.7 Å². The summed E-state index contributed by atoms with van der Waals surface area (Å²) in [4.78, 5) is 10.8. The highest BCUT2D eigenvalue weighted by Crippen LogP contribution is 2.26. The van der Waals surface area contributed by atoms with Crippen molar-refractivity contribution in [3.8, 4) is 0 Å². The number of hydrogen-bond acceptors (Lipinski definition) is 2. The highest BCUT2D eigenvalue weighted by Gasteiger charge is 2.17. The van der Waals surface area contributed by atoms with Gasteiger partial charge in [0.25, 0.3) is 0 Å². The zero-order valence-electron chi connectivity index (χ0n) is 11.4. The van der Waals surface area contributed by atoms with E-state index in [0.717, 1.165) is 12.0 Å². The molecule has 0 aliphatic rings. The Labute approximate surface area is 109 Å². The van der Waals surface area contributed by atoms with Crippen molar-refractivity contribution >= 4 is 5.97 Å². The van der Waals surface area contributed by atoms with Crippen molar-refractivity contribution in [1.82, 2.24) is 0 Å². The Hall–Kier alpha value is -1.35. The molecular weight excluding hydrogens is 226 g/mol. The van der Waals surface area contributed by atoms with E-state index >= 15 is 0 Å². The topological polar surface area (TPSA) is 63.3 Å². The summed E-state index contributed by atoms with van der Waals surface area (Å²) < 4.78 is 0. The quantitative estimate of drug-likeness (QED) is 0.815. The van der Waals surface area contributed by atoms with Gasteiger partial charge < -0.3 is 10.8 Å². The van der Waals surface area contributed by atoms with Crippen LogP contribution in [0.5, 0.6) is 0 Å². The fraction of sp³-hybridized carbons (Fsp3) is 0.533. The van der Waals surface area contributed by atoms with E-state index < -0.39 is 12.0 Å². The number of carboxylic acids is 1. The van der Waals surface area contributed by atoms with E-state index in [9.17, 15) is 4.79 Å².